The molecule has 0 radical (unpaired) electrons. The third-order valence-corrected chi connectivity index (χ3v) is 1.59. The molecule has 3 N–H and O–H groups in total. The zero-order valence-corrected chi connectivity index (χ0v) is 8.38. The van der Waals surface area contributed by atoms with Gasteiger partial charge in [-0.25, -0.2) is 10.2 Å². The molecule has 0 aliphatic rings. The molecule has 0 atom stereocenters. The number of nitrogens with zero attached hydrogens (tertiary/aromatic N) is 2. The highest BCUT2D eigenvalue weighted by atomic mass is 16.5. The van der Waals surface area contributed by atoms with Crippen molar-refractivity contribution in [3.63, 3.8) is 0 Å². The number of hydrogen-bond donors (Lipinski definition) is 2. The van der Waals surface area contributed by atoms with Crippen LogP contribution in [0.5, 0.6) is 5.75 Å². The van der Waals surface area contributed by atoms with Crippen LogP contribution < -0.4 is 15.9 Å². The van der Waals surface area contributed by atoms with E-state index in [9.17, 15) is 4.79 Å². The lowest BCUT2D eigenvalue weighted by atomic mass is 10.2. The number of rotatable bonds is 4. The van der Waals surface area contributed by atoms with Crippen LogP contribution in [0.1, 0.15) is 5.56 Å². The topological polar surface area (TPSA) is 100 Å². The van der Waals surface area contributed by atoms with Crippen LogP contribution in [0.15, 0.2) is 29.4 Å². The average Bonchev–Trinajstić information content (AvgIpc) is 2.27. The lowest BCUT2D eigenvalue weighted by molar-refractivity contribution is 0.249. The second-order valence-corrected chi connectivity index (χ2v) is 2.72. The second-order valence-electron chi connectivity index (χ2n) is 2.72. The smallest absolute Gasteiger partial charge is 0.332 e. The average molecular weight is 218 g/mol. The van der Waals surface area contributed by atoms with Crippen LogP contribution in [0.4, 0.5) is 4.79 Å². The summed E-state index contributed by atoms with van der Waals surface area (Å²) >= 11 is 0. The Morgan fingerprint density at radius 3 is 3.06 bits per heavy atom. The third-order valence-electron chi connectivity index (χ3n) is 1.59. The molecule has 2 amide bonds. The molecule has 0 bridgehead atoms. The number of amides is 2. The van der Waals surface area contributed by atoms with E-state index in [0.717, 1.165) is 0 Å². The number of urea groups is 1. The van der Waals surface area contributed by atoms with E-state index in [1.54, 1.807) is 24.3 Å². The Morgan fingerprint density at radius 2 is 2.38 bits per heavy atom. The van der Waals surface area contributed by atoms with Crippen LogP contribution >= 0.6 is 0 Å². The molecule has 0 aromatic heterocycles. The predicted octanol–water partition coefficient (Wildman–Crippen LogP) is 0.591. The Hall–Kier alpha value is -2.55. The van der Waals surface area contributed by atoms with Crippen molar-refractivity contribution >= 4 is 12.2 Å². The zero-order chi connectivity index (χ0) is 11.8. The highest BCUT2D eigenvalue weighted by molar-refractivity contribution is 5.84. The number of hydrogen-bond acceptors (Lipinski definition) is 4. The maximum Gasteiger partial charge on any atom is 0.332 e. The van der Waals surface area contributed by atoms with Gasteiger partial charge in [0.1, 0.15) is 11.8 Å². The van der Waals surface area contributed by atoms with Gasteiger partial charge in [0.05, 0.1) is 6.21 Å². The Kier molecular flexibility index (Phi) is 4.34. The summed E-state index contributed by atoms with van der Waals surface area (Å²) in [6.45, 7) is -0.0475. The SMILES string of the molecule is N#CCOc1ccccc1/C=N/NC(N)=O. The number of primary amides is 1. The summed E-state index contributed by atoms with van der Waals surface area (Å²) in [5.41, 5.74) is 7.55. The number of para-hydroxylation sites is 1. The zero-order valence-electron chi connectivity index (χ0n) is 8.38. The fourth-order valence-electron chi connectivity index (χ4n) is 0.994. The summed E-state index contributed by atoms with van der Waals surface area (Å²) in [5.74, 6) is 0.513. The molecule has 6 nitrogen and oxygen atoms in total. The van der Waals surface area contributed by atoms with Crippen LogP contribution in [0.3, 0.4) is 0 Å². The standard InChI is InChI=1S/C10H10N4O2/c11-5-6-16-9-4-2-1-3-8(9)7-13-14-10(12)15/h1-4,7H,6H2,(H3,12,14,15)/b13-7+. The molecule has 0 saturated carbocycles. The van der Waals surface area contributed by atoms with Crippen LogP contribution in [0.25, 0.3) is 0 Å². The highest BCUT2D eigenvalue weighted by Crippen LogP contribution is 2.15. The summed E-state index contributed by atoms with van der Waals surface area (Å²) in [5, 5.41) is 12.0. The van der Waals surface area contributed by atoms with Crippen LogP contribution in [-0.4, -0.2) is 18.9 Å². The van der Waals surface area contributed by atoms with Gasteiger partial charge in [0, 0.05) is 5.56 Å². The predicted molar refractivity (Wildman–Crippen MR) is 57.9 cm³/mol. The summed E-state index contributed by atoms with van der Waals surface area (Å²) in [7, 11) is 0. The van der Waals surface area contributed by atoms with Crippen molar-refractivity contribution in [1.29, 1.82) is 5.26 Å². The van der Waals surface area contributed by atoms with E-state index in [0.29, 0.717) is 11.3 Å². The number of nitriles is 1. The van der Waals surface area contributed by atoms with Gasteiger partial charge in [0.15, 0.2) is 6.61 Å². The maximum atomic E-state index is 10.4. The molecule has 0 spiro atoms. The molecule has 0 aliphatic carbocycles. The van der Waals surface area contributed by atoms with E-state index >= 15 is 0 Å². The number of nitrogens with two attached hydrogens (primary N) is 1. The number of benzene rings is 1. The highest BCUT2D eigenvalue weighted by Gasteiger charge is 1.99. The van der Waals surface area contributed by atoms with Crippen LogP contribution in [0.2, 0.25) is 0 Å². The molecular formula is C10H10N4O2. The van der Waals surface area contributed by atoms with E-state index in [2.05, 4.69) is 10.5 Å². The van der Waals surface area contributed by atoms with Gasteiger partial charge in [-0.05, 0) is 12.1 Å². The van der Waals surface area contributed by atoms with Gasteiger partial charge in [-0.2, -0.15) is 10.4 Å². The van der Waals surface area contributed by atoms with Crippen molar-refractivity contribution in [2.45, 2.75) is 0 Å². The fraction of sp³-hybridized carbons (Fsp3) is 0.100. The molecule has 0 aliphatic heterocycles. The summed E-state index contributed by atoms with van der Waals surface area (Å²) in [4.78, 5) is 10.4. The molecule has 16 heavy (non-hydrogen) atoms. The largest absolute Gasteiger partial charge is 0.478 e. The Morgan fingerprint density at radius 1 is 1.62 bits per heavy atom. The molecule has 82 valence electrons. The first-order chi connectivity index (χ1) is 7.74. The first-order valence-electron chi connectivity index (χ1n) is 4.41. The summed E-state index contributed by atoms with van der Waals surface area (Å²) in [6.07, 6.45) is 1.39. The quantitative estimate of drug-likeness (QED) is 0.571. The van der Waals surface area contributed by atoms with E-state index in [4.69, 9.17) is 15.7 Å². The minimum Gasteiger partial charge on any atom is -0.478 e. The lowest BCUT2D eigenvalue weighted by Gasteiger charge is -2.04. The van der Waals surface area contributed by atoms with Crippen molar-refractivity contribution < 1.29 is 9.53 Å². The number of carbonyl (C=O) groups is 1. The molecule has 0 fully saturated rings. The summed E-state index contributed by atoms with van der Waals surface area (Å²) < 4.78 is 5.15. The van der Waals surface area contributed by atoms with Crippen LogP contribution in [0, 0.1) is 11.3 Å². The lowest BCUT2D eigenvalue weighted by Crippen LogP contribution is -2.24. The fourth-order valence-corrected chi connectivity index (χ4v) is 0.994. The molecular weight excluding hydrogens is 208 g/mol. The Labute approximate surface area is 92.3 Å². The van der Waals surface area contributed by atoms with Crippen molar-refractivity contribution in [3.8, 4) is 11.8 Å². The van der Waals surface area contributed by atoms with Crippen molar-refractivity contribution in [3.05, 3.63) is 29.8 Å². The van der Waals surface area contributed by atoms with E-state index in [1.807, 2.05) is 6.07 Å². The van der Waals surface area contributed by atoms with Crippen molar-refractivity contribution in [1.82, 2.24) is 5.43 Å². The van der Waals surface area contributed by atoms with Crippen molar-refractivity contribution in [2.24, 2.45) is 10.8 Å². The Bertz CT molecular complexity index is 437. The molecule has 1 rings (SSSR count). The van der Waals surface area contributed by atoms with Gasteiger partial charge in [0.25, 0.3) is 0 Å². The molecule has 1 aromatic carbocycles. The molecule has 1 aromatic rings. The van der Waals surface area contributed by atoms with E-state index in [1.165, 1.54) is 6.21 Å². The minimum absolute atomic E-state index is 0.0475. The van der Waals surface area contributed by atoms with Crippen LogP contribution in [-0.2, 0) is 0 Å². The van der Waals surface area contributed by atoms with Gasteiger partial charge < -0.3 is 10.5 Å². The third kappa shape index (κ3) is 3.67. The molecule has 6 heteroatoms. The van der Waals surface area contributed by atoms with E-state index < -0.39 is 6.03 Å². The Balaban J connectivity index is 2.74. The first kappa shape index (κ1) is 11.5. The van der Waals surface area contributed by atoms with E-state index in [-0.39, 0.29) is 6.61 Å². The van der Waals surface area contributed by atoms with Crippen molar-refractivity contribution in [2.75, 3.05) is 6.61 Å². The van der Waals surface area contributed by atoms with Gasteiger partial charge in [-0.3, -0.25) is 0 Å². The minimum atomic E-state index is -0.744. The normalized spacial score (nSPS) is 9.69. The van der Waals surface area contributed by atoms with Gasteiger partial charge in [-0.15, -0.1) is 0 Å². The number of hydrazone groups is 1. The van der Waals surface area contributed by atoms with Gasteiger partial charge in [-0.1, -0.05) is 12.1 Å². The second kappa shape index (κ2) is 6.03. The molecule has 0 unspecified atom stereocenters. The summed E-state index contributed by atoms with van der Waals surface area (Å²) in [6, 6.07) is 8.10. The van der Waals surface area contributed by atoms with Gasteiger partial charge in [0.2, 0.25) is 0 Å². The first-order valence-corrected chi connectivity index (χ1v) is 4.41. The number of nitrogens with one attached hydrogen (secondary N) is 1. The maximum absolute atomic E-state index is 10.4. The number of carbonyl (C=O) groups excluding carboxylic acids is 1. The van der Waals surface area contributed by atoms with Gasteiger partial charge >= 0.3 is 6.03 Å². The molecule has 0 saturated heterocycles. The monoisotopic (exact) mass is 218 g/mol. The molecule has 0 heterocycles. The number of ether oxygens (including phenoxy) is 1.